The molecule has 2 aromatic carbocycles. The number of β-amino-alcohol motifs (C(OH)–C–C–N with tert-alkyl or cyclic N) is 1. The molecule has 0 saturated carbocycles. The van der Waals surface area contributed by atoms with Crippen LogP contribution >= 0.6 is 0 Å². The molecule has 0 aliphatic carbocycles. The van der Waals surface area contributed by atoms with Crippen molar-refractivity contribution < 1.29 is 23.1 Å². The van der Waals surface area contributed by atoms with Gasteiger partial charge in [0.05, 0.1) is 17.9 Å². The Morgan fingerprint density at radius 2 is 1.76 bits per heavy atom. The third kappa shape index (κ3) is 7.11. The summed E-state index contributed by atoms with van der Waals surface area (Å²) >= 11 is 0. The van der Waals surface area contributed by atoms with Gasteiger partial charge in [-0.2, -0.15) is 0 Å². The number of amides is 2. The van der Waals surface area contributed by atoms with Crippen molar-refractivity contribution in [2.24, 2.45) is 11.8 Å². The monoisotopic (exact) mass is 596 g/mol. The van der Waals surface area contributed by atoms with Crippen molar-refractivity contribution in [3.63, 3.8) is 0 Å². The van der Waals surface area contributed by atoms with Gasteiger partial charge in [-0.05, 0) is 43.1 Å². The summed E-state index contributed by atoms with van der Waals surface area (Å²) in [4.78, 5) is 32.4. The Balaban J connectivity index is 1.40. The first-order chi connectivity index (χ1) is 20.0. The highest BCUT2D eigenvalue weighted by Crippen LogP contribution is 2.38. The van der Waals surface area contributed by atoms with Gasteiger partial charge in [0.25, 0.3) is 0 Å². The highest BCUT2D eigenvalue weighted by Gasteiger charge is 2.48. The zero-order chi connectivity index (χ0) is 30.5. The molecular formula is C32H44N4O5S. The quantitative estimate of drug-likeness (QED) is 0.386. The van der Waals surface area contributed by atoms with E-state index in [0.29, 0.717) is 26.2 Å². The average Bonchev–Trinajstić information content (AvgIpc) is 3.33. The molecule has 2 heterocycles. The van der Waals surface area contributed by atoms with E-state index in [-0.39, 0.29) is 41.0 Å². The van der Waals surface area contributed by atoms with Crippen LogP contribution in [-0.2, 0) is 31.6 Å². The molecule has 0 bridgehead atoms. The lowest BCUT2D eigenvalue weighted by molar-refractivity contribution is -0.134. The summed E-state index contributed by atoms with van der Waals surface area (Å²) < 4.78 is 26.3. The molecule has 0 aromatic heterocycles. The minimum Gasteiger partial charge on any atom is -0.383 e. The van der Waals surface area contributed by atoms with E-state index >= 15 is 0 Å². The Kier molecular flexibility index (Phi) is 10.2. The average molecular weight is 597 g/mol. The second-order valence-electron chi connectivity index (χ2n) is 11.8. The zero-order valence-electron chi connectivity index (χ0n) is 24.9. The number of piperidine rings is 1. The fraction of sp³-hybridized carbons (Fsp3) is 0.500. The highest BCUT2D eigenvalue weighted by atomic mass is 32.2. The van der Waals surface area contributed by atoms with Crippen LogP contribution in [0.3, 0.4) is 0 Å². The number of aliphatic hydroxyl groups is 1. The molecular weight excluding hydrogens is 552 g/mol. The van der Waals surface area contributed by atoms with Crippen LogP contribution in [0, 0.1) is 11.8 Å². The van der Waals surface area contributed by atoms with Gasteiger partial charge >= 0.3 is 0 Å². The Bertz CT molecular complexity index is 1340. The number of nitrogens with one attached hydrogen (secondary N) is 1. The molecule has 2 atom stereocenters. The number of likely N-dealkylation sites (tertiary alicyclic amines) is 2. The number of benzene rings is 2. The second kappa shape index (κ2) is 13.5. The van der Waals surface area contributed by atoms with E-state index < -0.39 is 15.6 Å². The largest absolute Gasteiger partial charge is 0.383 e. The smallest absolute Gasteiger partial charge is 0.240 e. The number of sulfonamides is 1. The van der Waals surface area contributed by atoms with Crippen LogP contribution in [0.4, 0.5) is 0 Å². The molecule has 10 heteroatoms. The maximum absolute atomic E-state index is 13.4. The van der Waals surface area contributed by atoms with E-state index in [1.165, 1.54) is 19.2 Å². The van der Waals surface area contributed by atoms with Gasteiger partial charge in [0, 0.05) is 50.6 Å². The molecule has 2 aliphatic heterocycles. The van der Waals surface area contributed by atoms with Gasteiger partial charge in [-0.1, -0.05) is 62.4 Å². The van der Waals surface area contributed by atoms with Crippen LogP contribution in [0.5, 0.6) is 0 Å². The van der Waals surface area contributed by atoms with E-state index in [4.69, 9.17) is 0 Å². The van der Waals surface area contributed by atoms with Crippen LogP contribution in [0.2, 0.25) is 0 Å². The Hall–Kier alpha value is -3.05. The van der Waals surface area contributed by atoms with Crippen LogP contribution in [0.15, 0.2) is 72.1 Å². The number of hydrogen-bond acceptors (Lipinski definition) is 6. The summed E-state index contributed by atoms with van der Waals surface area (Å²) in [5, 5.41) is 11.9. The number of carbonyl (C=O) groups excluding carboxylic acids is 2. The summed E-state index contributed by atoms with van der Waals surface area (Å²) in [7, 11) is -2.17. The third-order valence-electron chi connectivity index (χ3n) is 8.61. The van der Waals surface area contributed by atoms with Gasteiger partial charge in [-0.25, -0.2) is 13.1 Å². The minimum atomic E-state index is -3.53. The molecule has 4 rings (SSSR count). The number of carbonyl (C=O) groups is 2. The summed E-state index contributed by atoms with van der Waals surface area (Å²) in [6.45, 7) is 11.1. The Morgan fingerprint density at radius 1 is 1.12 bits per heavy atom. The Labute approximate surface area is 250 Å². The van der Waals surface area contributed by atoms with Crippen molar-refractivity contribution in [1.29, 1.82) is 0 Å². The fourth-order valence-electron chi connectivity index (χ4n) is 6.20. The predicted molar refractivity (Wildman–Crippen MR) is 163 cm³/mol. The molecule has 2 N–H and O–H groups in total. The zero-order valence-corrected chi connectivity index (χ0v) is 25.7. The van der Waals surface area contributed by atoms with Crippen LogP contribution in [-0.4, -0.2) is 92.4 Å². The van der Waals surface area contributed by atoms with E-state index in [0.717, 1.165) is 37.1 Å². The van der Waals surface area contributed by atoms with Gasteiger partial charge in [-0.3, -0.25) is 9.59 Å². The summed E-state index contributed by atoms with van der Waals surface area (Å²) in [5.41, 5.74) is 0.474. The standard InChI is InChI=1S/C32H44N4O5S/c1-5-17-36(30(37)20-25-11-13-29(14-12-25)42(40,41)33-4)28-15-18-34(19-16-28)21-27-22-35(31(38)24(2)3)23-32(27,39)26-9-7-6-8-10-26/h5-14,24,27-28,33,39H,1,15-23H2,2-4H3/t27-,32-/m0/s1. The van der Waals surface area contributed by atoms with Crippen molar-refractivity contribution in [3.8, 4) is 0 Å². The third-order valence-corrected chi connectivity index (χ3v) is 10.0. The number of rotatable bonds is 11. The van der Waals surface area contributed by atoms with Gasteiger partial charge in [0.15, 0.2) is 0 Å². The normalized spacial score (nSPS) is 21.9. The van der Waals surface area contributed by atoms with Crippen LogP contribution in [0.1, 0.15) is 37.8 Å². The molecule has 42 heavy (non-hydrogen) atoms. The molecule has 2 aromatic rings. The lowest BCUT2D eigenvalue weighted by atomic mass is 9.83. The summed E-state index contributed by atoms with van der Waals surface area (Å²) in [6, 6.07) is 16.1. The number of hydrogen-bond donors (Lipinski definition) is 2. The van der Waals surface area contributed by atoms with Crippen LogP contribution in [0.25, 0.3) is 0 Å². The Morgan fingerprint density at radius 3 is 2.33 bits per heavy atom. The van der Waals surface area contributed by atoms with E-state index in [1.807, 2.05) is 49.1 Å². The summed E-state index contributed by atoms with van der Waals surface area (Å²) in [5.74, 6) is -0.218. The molecule has 9 nitrogen and oxygen atoms in total. The van der Waals surface area contributed by atoms with Crippen molar-refractivity contribution in [3.05, 3.63) is 78.4 Å². The fourth-order valence-corrected chi connectivity index (χ4v) is 6.93. The maximum Gasteiger partial charge on any atom is 0.240 e. The second-order valence-corrected chi connectivity index (χ2v) is 13.6. The van der Waals surface area contributed by atoms with Crippen molar-refractivity contribution in [2.45, 2.75) is 49.6 Å². The predicted octanol–water partition coefficient (Wildman–Crippen LogP) is 2.62. The SMILES string of the molecule is C=CCN(C(=O)Cc1ccc(S(=O)(=O)NC)cc1)C1CCN(C[C@H]2CN(C(=O)C(C)C)C[C@]2(O)c2ccccc2)CC1. The van der Waals surface area contributed by atoms with E-state index in [1.54, 1.807) is 23.1 Å². The van der Waals surface area contributed by atoms with Crippen molar-refractivity contribution in [2.75, 3.05) is 46.3 Å². The highest BCUT2D eigenvalue weighted by molar-refractivity contribution is 7.89. The lowest BCUT2D eigenvalue weighted by Crippen LogP contribution is -2.50. The van der Waals surface area contributed by atoms with E-state index in [2.05, 4.69) is 16.2 Å². The van der Waals surface area contributed by atoms with Gasteiger partial charge in [-0.15, -0.1) is 6.58 Å². The molecule has 2 saturated heterocycles. The number of nitrogens with zero attached hydrogens (tertiary/aromatic N) is 3. The van der Waals surface area contributed by atoms with Gasteiger partial charge in [0.2, 0.25) is 21.8 Å². The maximum atomic E-state index is 13.4. The first-order valence-corrected chi connectivity index (χ1v) is 16.2. The first-order valence-electron chi connectivity index (χ1n) is 14.7. The lowest BCUT2D eigenvalue weighted by Gasteiger charge is -2.40. The molecule has 0 spiro atoms. The van der Waals surface area contributed by atoms with Gasteiger partial charge in [0.1, 0.15) is 5.60 Å². The summed E-state index contributed by atoms with van der Waals surface area (Å²) in [6.07, 6.45) is 3.51. The molecule has 228 valence electrons. The molecule has 0 unspecified atom stereocenters. The van der Waals surface area contributed by atoms with Crippen molar-refractivity contribution >= 4 is 21.8 Å². The van der Waals surface area contributed by atoms with Crippen LogP contribution < -0.4 is 4.72 Å². The minimum absolute atomic E-state index is 0.0188. The van der Waals surface area contributed by atoms with Crippen molar-refractivity contribution in [1.82, 2.24) is 19.4 Å². The molecule has 2 amide bonds. The topological polar surface area (TPSA) is 110 Å². The molecule has 0 radical (unpaired) electrons. The molecule has 2 aliphatic rings. The van der Waals surface area contributed by atoms with Gasteiger partial charge < -0.3 is 19.8 Å². The van der Waals surface area contributed by atoms with E-state index in [9.17, 15) is 23.1 Å². The first kappa shape index (κ1) is 31.9. The molecule has 2 fully saturated rings.